The molecule has 0 amide bonds. The summed E-state index contributed by atoms with van der Waals surface area (Å²) in [6, 6.07) is 5.66. The van der Waals surface area contributed by atoms with Crippen LogP contribution in [-0.2, 0) is 19.1 Å². The minimum atomic E-state index is -4.44. The van der Waals surface area contributed by atoms with Crippen LogP contribution in [0, 0.1) is 0 Å². The number of hydrogen-bond acceptors (Lipinski definition) is 3. The van der Waals surface area contributed by atoms with Crippen LogP contribution in [0.2, 0.25) is 0 Å². The van der Waals surface area contributed by atoms with Gasteiger partial charge >= 0.3 is 11.9 Å². The van der Waals surface area contributed by atoms with Gasteiger partial charge in [-0.1, -0.05) is 37.5 Å². The van der Waals surface area contributed by atoms with Gasteiger partial charge < -0.3 is 5.11 Å². The molecule has 3 rings (SSSR count). The molecule has 5 nitrogen and oxygen atoms in total. The molecule has 1 N–H and O–H groups in total. The van der Waals surface area contributed by atoms with Crippen molar-refractivity contribution >= 4 is 0 Å². The molecule has 0 unspecified atom stereocenters. The van der Waals surface area contributed by atoms with Gasteiger partial charge in [0.25, 0.3) is 5.56 Å². The molecule has 146 valence electrons. The molecule has 0 atom stereocenters. The second-order valence-corrected chi connectivity index (χ2v) is 6.88. The Hall–Kier alpha value is -2.51. The quantitative estimate of drug-likeness (QED) is 0.881. The Morgan fingerprint density at radius 1 is 1.07 bits per heavy atom. The Kier molecular flexibility index (Phi) is 5.43. The predicted molar refractivity (Wildman–Crippen MR) is 93.9 cm³/mol. The van der Waals surface area contributed by atoms with E-state index in [1.165, 1.54) is 16.7 Å². The van der Waals surface area contributed by atoms with Gasteiger partial charge in [0.1, 0.15) is 0 Å². The van der Waals surface area contributed by atoms with Crippen molar-refractivity contribution in [3.8, 4) is 5.88 Å². The molecule has 1 aliphatic carbocycles. The summed E-state index contributed by atoms with van der Waals surface area (Å²) in [5, 5.41) is 10.0. The number of aromatic nitrogens is 2. The molecule has 2 aromatic rings. The molecule has 0 radical (unpaired) electrons. The minimum Gasteiger partial charge on any atom is -0.494 e. The molecule has 1 saturated carbocycles. The van der Waals surface area contributed by atoms with E-state index in [0.717, 1.165) is 54.9 Å². The van der Waals surface area contributed by atoms with E-state index in [9.17, 15) is 27.9 Å². The van der Waals surface area contributed by atoms with E-state index in [-0.39, 0.29) is 19.0 Å². The fourth-order valence-corrected chi connectivity index (χ4v) is 3.61. The fourth-order valence-electron chi connectivity index (χ4n) is 3.61. The summed E-state index contributed by atoms with van der Waals surface area (Å²) >= 11 is 0. The molecular formula is C19H21F3N2O3. The second kappa shape index (κ2) is 7.62. The summed E-state index contributed by atoms with van der Waals surface area (Å²) in [7, 11) is 0. The maximum atomic E-state index is 12.8. The van der Waals surface area contributed by atoms with Crippen LogP contribution < -0.4 is 11.2 Å². The molecule has 1 aromatic heterocycles. The highest BCUT2D eigenvalue weighted by Crippen LogP contribution is 2.30. The van der Waals surface area contributed by atoms with E-state index in [0.29, 0.717) is 5.56 Å². The third-order valence-corrected chi connectivity index (χ3v) is 5.02. The number of nitrogens with zero attached hydrogens (tertiary/aromatic N) is 2. The summed E-state index contributed by atoms with van der Waals surface area (Å²) in [6.45, 7) is -0.0149. The van der Waals surface area contributed by atoms with Gasteiger partial charge in [-0.05, 0) is 30.9 Å². The minimum absolute atomic E-state index is 0.0149. The summed E-state index contributed by atoms with van der Waals surface area (Å²) in [6.07, 6.45) is 0.0704. The van der Waals surface area contributed by atoms with Gasteiger partial charge in [-0.25, -0.2) is 4.79 Å². The zero-order valence-electron chi connectivity index (χ0n) is 14.7. The second-order valence-electron chi connectivity index (χ2n) is 6.88. The van der Waals surface area contributed by atoms with Crippen LogP contribution in [0.1, 0.15) is 49.3 Å². The summed E-state index contributed by atoms with van der Waals surface area (Å²) in [5.41, 5.74) is -1.52. The summed E-state index contributed by atoms with van der Waals surface area (Å²) < 4.78 is 40.7. The van der Waals surface area contributed by atoms with Gasteiger partial charge in [0.05, 0.1) is 11.6 Å². The Bertz CT molecular complexity index is 925. The lowest BCUT2D eigenvalue weighted by Gasteiger charge is -2.24. The first-order valence-electron chi connectivity index (χ1n) is 8.99. The lowest BCUT2D eigenvalue weighted by molar-refractivity contribution is -0.137. The van der Waals surface area contributed by atoms with E-state index >= 15 is 0 Å². The van der Waals surface area contributed by atoms with Crippen LogP contribution in [0.4, 0.5) is 13.2 Å². The first-order valence-corrected chi connectivity index (χ1v) is 8.99. The molecular weight excluding hydrogens is 361 g/mol. The van der Waals surface area contributed by atoms with E-state index in [2.05, 4.69) is 0 Å². The molecule has 0 aliphatic heterocycles. The van der Waals surface area contributed by atoms with Crippen LogP contribution in [0.25, 0.3) is 0 Å². The number of benzene rings is 1. The number of aromatic hydroxyl groups is 1. The van der Waals surface area contributed by atoms with Gasteiger partial charge in [-0.3, -0.25) is 13.9 Å². The summed E-state index contributed by atoms with van der Waals surface area (Å²) in [5.74, 6) is -0.468. The van der Waals surface area contributed by atoms with Crippen LogP contribution in [0.5, 0.6) is 5.88 Å². The number of alkyl halides is 3. The lowest BCUT2D eigenvalue weighted by Crippen LogP contribution is -2.42. The Balaban J connectivity index is 1.87. The van der Waals surface area contributed by atoms with Crippen LogP contribution in [0.3, 0.4) is 0 Å². The summed E-state index contributed by atoms with van der Waals surface area (Å²) in [4.78, 5) is 24.9. The van der Waals surface area contributed by atoms with Crippen molar-refractivity contribution in [1.29, 1.82) is 0 Å². The van der Waals surface area contributed by atoms with Crippen molar-refractivity contribution in [1.82, 2.24) is 9.13 Å². The normalized spacial score (nSPS) is 15.8. The van der Waals surface area contributed by atoms with Gasteiger partial charge in [-0.2, -0.15) is 13.2 Å². The third-order valence-electron chi connectivity index (χ3n) is 5.02. The van der Waals surface area contributed by atoms with Gasteiger partial charge in [-0.15, -0.1) is 0 Å². The first-order chi connectivity index (χ1) is 12.8. The highest BCUT2D eigenvalue weighted by atomic mass is 19.4. The average molecular weight is 382 g/mol. The highest BCUT2D eigenvalue weighted by Gasteiger charge is 2.30. The molecule has 1 aromatic carbocycles. The van der Waals surface area contributed by atoms with Crippen molar-refractivity contribution in [2.75, 3.05) is 0 Å². The largest absolute Gasteiger partial charge is 0.494 e. The molecule has 1 heterocycles. The highest BCUT2D eigenvalue weighted by molar-refractivity contribution is 5.25. The first kappa shape index (κ1) is 19.3. The molecule has 0 saturated heterocycles. The molecule has 1 fully saturated rings. The fraction of sp³-hybridized carbons (Fsp3) is 0.474. The van der Waals surface area contributed by atoms with Crippen molar-refractivity contribution in [2.24, 2.45) is 0 Å². The average Bonchev–Trinajstić information content (AvgIpc) is 2.61. The maximum Gasteiger partial charge on any atom is 0.416 e. The maximum absolute atomic E-state index is 12.8. The third kappa shape index (κ3) is 4.26. The van der Waals surface area contributed by atoms with Crippen LogP contribution in [-0.4, -0.2) is 14.2 Å². The SMILES string of the molecule is O=c1cc(O)n(CCc2cccc(C(F)(F)F)c2)c(=O)n1C1CCCCC1. The number of hydrogen-bond donors (Lipinski definition) is 1. The van der Waals surface area contributed by atoms with Gasteiger partial charge in [0.2, 0.25) is 5.88 Å². The van der Waals surface area contributed by atoms with E-state index < -0.39 is 28.9 Å². The van der Waals surface area contributed by atoms with Crippen molar-refractivity contribution < 1.29 is 18.3 Å². The van der Waals surface area contributed by atoms with Crippen LogP contribution >= 0.6 is 0 Å². The standard InChI is InChI=1S/C19H21F3N2O3/c20-19(21,22)14-6-4-5-13(11-14)9-10-23-16(25)12-17(26)24(18(23)27)15-7-2-1-3-8-15/h4-6,11-12,15,25H,1-3,7-10H2. The Labute approximate surface area is 153 Å². The Morgan fingerprint density at radius 2 is 1.78 bits per heavy atom. The van der Waals surface area contributed by atoms with Gasteiger partial charge in [0, 0.05) is 12.6 Å². The topological polar surface area (TPSA) is 64.2 Å². The number of aryl methyl sites for hydroxylation is 1. The van der Waals surface area contributed by atoms with Gasteiger partial charge in [0.15, 0.2) is 0 Å². The smallest absolute Gasteiger partial charge is 0.416 e. The van der Waals surface area contributed by atoms with Crippen molar-refractivity contribution in [3.63, 3.8) is 0 Å². The number of rotatable bonds is 4. The molecule has 1 aliphatic rings. The van der Waals surface area contributed by atoms with E-state index in [1.54, 1.807) is 0 Å². The van der Waals surface area contributed by atoms with Crippen molar-refractivity contribution in [3.05, 3.63) is 62.3 Å². The number of halogens is 3. The molecule has 0 spiro atoms. The molecule has 8 heteroatoms. The predicted octanol–water partition coefficient (Wildman–Crippen LogP) is 3.48. The Morgan fingerprint density at radius 3 is 2.44 bits per heavy atom. The monoisotopic (exact) mass is 382 g/mol. The zero-order valence-corrected chi connectivity index (χ0v) is 14.7. The molecule has 0 bridgehead atoms. The molecule has 27 heavy (non-hydrogen) atoms. The zero-order chi connectivity index (χ0) is 19.6. The van der Waals surface area contributed by atoms with E-state index in [1.807, 2.05) is 0 Å². The van der Waals surface area contributed by atoms with Crippen molar-refractivity contribution in [2.45, 2.75) is 57.3 Å². The lowest BCUT2D eigenvalue weighted by atomic mass is 9.95. The van der Waals surface area contributed by atoms with Crippen LogP contribution in [0.15, 0.2) is 39.9 Å². The van der Waals surface area contributed by atoms with E-state index in [4.69, 9.17) is 0 Å².